The van der Waals surface area contributed by atoms with Crippen molar-refractivity contribution in [2.45, 2.75) is 52.4 Å². The highest BCUT2D eigenvalue weighted by Gasteiger charge is 2.31. The summed E-state index contributed by atoms with van der Waals surface area (Å²) in [7, 11) is -3.16. The van der Waals surface area contributed by atoms with Crippen LogP contribution in [0.2, 0.25) is 26.2 Å². The molecule has 0 unspecified atom stereocenters. The monoisotopic (exact) mass is 352 g/mol. The van der Waals surface area contributed by atoms with Crippen molar-refractivity contribution in [1.29, 1.82) is 0 Å². The largest absolute Gasteiger partial charge is 0.106 e. The van der Waals surface area contributed by atoms with E-state index in [9.17, 15) is 0 Å². The molecule has 0 saturated heterocycles. The Morgan fingerprint density at radius 2 is 1.29 bits per heavy atom. The summed E-state index contributed by atoms with van der Waals surface area (Å²) in [6, 6.07) is 22.3. The van der Waals surface area contributed by atoms with E-state index in [2.05, 4.69) is 99.5 Å². The van der Waals surface area contributed by atoms with Crippen LogP contribution < -0.4 is 10.4 Å². The molecule has 24 heavy (non-hydrogen) atoms. The number of unbranched alkanes of at least 4 members (excludes halogenated alkanes) is 1. The van der Waals surface area contributed by atoms with Gasteiger partial charge in [-0.25, -0.2) is 0 Å². The summed E-state index contributed by atoms with van der Waals surface area (Å²) in [6.07, 6.45) is 3.83. The van der Waals surface area contributed by atoms with Crippen LogP contribution in [0.3, 0.4) is 0 Å². The number of allylic oxidation sites excluding steroid dienone is 1. The molecule has 2 aromatic carbocycles. The molecule has 0 aliphatic carbocycles. The summed E-state index contributed by atoms with van der Waals surface area (Å²) in [5.41, 5.74) is 2.72. The SMILES string of the molecule is CCCCC(=C[Si](C)(C)c1ccccc1)[Si](C)(C)c1ccccc1. The third kappa shape index (κ3) is 4.58. The zero-order valence-electron chi connectivity index (χ0n) is 16.0. The molecule has 0 atom stereocenters. The molecule has 0 aliphatic heterocycles. The van der Waals surface area contributed by atoms with Gasteiger partial charge in [-0.15, -0.1) is 0 Å². The molecule has 0 heterocycles. The molecule has 0 spiro atoms. The lowest BCUT2D eigenvalue weighted by atomic mass is 10.2. The fraction of sp³-hybridized carbons (Fsp3) is 0.364. The van der Waals surface area contributed by atoms with Gasteiger partial charge in [0.2, 0.25) is 0 Å². The molecule has 0 saturated carbocycles. The minimum Gasteiger partial charge on any atom is -0.0946 e. The summed E-state index contributed by atoms with van der Waals surface area (Å²) in [5, 5.41) is 4.85. The maximum absolute atomic E-state index is 2.72. The number of benzene rings is 2. The number of rotatable bonds is 7. The second-order valence-corrected chi connectivity index (χ2v) is 16.6. The average molecular weight is 353 g/mol. The van der Waals surface area contributed by atoms with Crippen molar-refractivity contribution in [2.75, 3.05) is 0 Å². The van der Waals surface area contributed by atoms with Crippen LogP contribution in [0.4, 0.5) is 0 Å². The predicted octanol–water partition coefficient (Wildman–Crippen LogP) is 5.41. The highest BCUT2D eigenvalue weighted by atomic mass is 28.3. The minimum atomic E-state index is -1.59. The first-order valence-corrected chi connectivity index (χ1v) is 15.3. The van der Waals surface area contributed by atoms with Crippen molar-refractivity contribution < 1.29 is 0 Å². The molecule has 0 fully saturated rings. The van der Waals surface area contributed by atoms with Gasteiger partial charge in [-0.1, -0.05) is 128 Å². The van der Waals surface area contributed by atoms with Crippen LogP contribution in [-0.2, 0) is 0 Å². The summed E-state index contributed by atoms with van der Waals surface area (Å²) >= 11 is 0. The second kappa shape index (κ2) is 8.13. The highest BCUT2D eigenvalue weighted by molar-refractivity contribution is 6.99. The van der Waals surface area contributed by atoms with E-state index < -0.39 is 16.1 Å². The molecule has 0 nitrogen and oxygen atoms in total. The molecule has 2 heteroatoms. The topological polar surface area (TPSA) is 0 Å². The van der Waals surface area contributed by atoms with E-state index in [1.54, 1.807) is 10.4 Å². The molecule has 0 radical (unpaired) electrons. The van der Waals surface area contributed by atoms with Crippen LogP contribution in [0.1, 0.15) is 26.2 Å². The van der Waals surface area contributed by atoms with Gasteiger partial charge in [0, 0.05) is 0 Å². The third-order valence-corrected chi connectivity index (χ3v) is 12.1. The van der Waals surface area contributed by atoms with Gasteiger partial charge < -0.3 is 0 Å². The predicted molar refractivity (Wildman–Crippen MR) is 115 cm³/mol. The van der Waals surface area contributed by atoms with Crippen LogP contribution in [0.25, 0.3) is 0 Å². The standard InChI is InChI=1S/C22H32Si2/c1-6-7-14-22(24(4,5)21-17-12-9-13-18-21)19-23(2,3)20-15-10-8-11-16-20/h8-13,15-19H,6-7,14H2,1-5H3. The van der Waals surface area contributed by atoms with E-state index in [4.69, 9.17) is 0 Å². The lowest BCUT2D eigenvalue weighted by Gasteiger charge is -2.30. The zero-order valence-corrected chi connectivity index (χ0v) is 18.0. The quantitative estimate of drug-likeness (QED) is 0.584. The Balaban J connectivity index is 2.44. The van der Waals surface area contributed by atoms with Crippen molar-refractivity contribution in [2.24, 2.45) is 0 Å². The van der Waals surface area contributed by atoms with Crippen LogP contribution in [0.15, 0.2) is 71.6 Å². The molecule has 0 aromatic heterocycles. The fourth-order valence-corrected chi connectivity index (χ4v) is 10.3. The first-order valence-electron chi connectivity index (χ1n) is 9.21. The van der Waals surface area contributed by atoms with Crippen LogP contribution >= 0.6 is 0 Å². The molecule has 0 bridgehead atoms. The van der Waals surface area contributed by atoms with Gasteiger partial charge in [0.25, 0.3) is 0 Å². The van der Waals surface area contributed by atoms with E-state index in [1.807, 2.05) is 0 Å². The van der Waals surface area contributed by atoms with E-state index in [-0.39, 0.29) is 0 Å². The molecular weight excluding hydrogens is 320 g/mol. The van der Waals surface area contributed by atoms with Crippen molar-refractivity contribution in [1.82, 2.24) is 0 Å². The Morgan fingerprint density at radius 3 is 1.79 bits per heavy atom. The molecule has 2 rings (SSSR count). The summed E-state index contributed by atoms with van der Waals surface area (Å²) in [6.45, 7) is 12.3. The van der Waals surface area contributed by atoms with Gasteiger partial charge in [-0.2, -0.15) is 0 Å². The lowest BCUT2D eigenvalue weighted by Crippen LogP contribution is -2.47. The summed E-state index contributed by atoms with van der Waals surface area (Å²) in [5.74, 6) is 0. The smallest absolute Gasteiger partial charge is 0.0946 e. The molecule has 0 aliphatic rings. The van der Waals surface area contributed by atoms with Crippen LogP contribution in [-0.4, -0.2) is 16.1 Å². The van der Waals surface area contributed by atoms with Crippen molar-refractivity contribution in [3.63, 3.8) is 0 Å². The normalized spacial score (nSPS) is 13.1. The average Bonchev–Trinajstić information content (AvgIpc) is 2.60. The minimum absolute atomic E-state index is 1.26. The van der Waals surface area contributed by atoms with Crippen molar-refractivity contribution in [3.05, 3.63) is 71.6 Å². The van der Waals surface area contributed by atoms with Gasteiger partial charge in [-0.05, 0) is 6.42 Å². The maximum Gasteiger partial charge on any atom is 0.106 e. The van der Waals surface area contributed by atoms with Crippen LogP contribution in [0.5, 0.6) is 0 Å². The Bertz CT molecular complexity index is 655. The molecule has 0 amide bonds. The highest BCUT2D eigenvalue weighted by Crippen LogP contribution is 2.24. The number of hydrogen-bond acceptors (Lipinski definition) is 0. The Labute approximate surface area is 150 Å². The maximum atomic E-state index is 2.72. The van der Waals surface area contributed by atoms with Gasteiger partial charge >= 0.3 is 0 Å². The zero-order chi connectivity index (χ0) is 17.6. The van der Waals surface area contributed by atoms with E-state index in [0.717, 1.165) is 0 Å². The molecule has 2 aromatic rings. The van der Waals surface area contributed by atoms with E-state index in [0.29, 0.717) is 0 Å². The molecule has 0 N–H and O–H groups in total. The first-order chi connectivity index (χ1) is 11.4. The van der Waals surface area contributed by atoms with Gasteiger partial charge in [0.15, 0.2) is 0 Å². The summed E-state index contributed by atoms with van der Waals surface area (Å²) in [4.78, 5) is 0. The van der Waals surface area contributed by atoms with Crippen molar-refractivity contribution in [3.8, 4) is 0 Å². The van der Waals surface area contributed by atoms with Gasteiger partial charge in [0.05, 0.1) is 0 Å². The lowest BCUT2D eigenvalue weighted by molar-refractivity contribution is 0.804. The number of hydrogen-bond donors (Lipinski definition) is 0. The van der Waals surface area contributed by atoms with Gasteiger partial charge in [0.1, 0.15) is 16.1 Å². The molecule has 128 valence electrons. The molecular formula is C22H32Si2. The van der Waals surface area contributed by atoms with Gasteiger partial charge in [-0.3, -0.25) is 0 Å². The van der Waals surface area contributed by atoms with Crippen LogP contribution in [0, 0.1) is 0 Å². The fourth-order valence-electron chi connectivity index (χ4n) is 3.36. The van der Waals surface area contributed by atoms with E-state index in [1.165, 1.54) is 24.4 Å². The second-order valence-electron chi connectivity index (χ2n) is 7.85. The third-order valence-electron chi connectivity index (χ3n) is 5.15. The Morgan fingerprint density at radius 1 is 0.792 bits per heavy atom. The Kier molecular flexibility index (Phi) is 6.42. The summed E-state index contributed by atoms with van der Waals surface area (Å²) < 4.78 is 0. The first kappa shape index (κ1) is 18.9. The van der Waals surface area contributed by atoms with E-state index >= 15 is 0 Å². The Hall–Kier alpha value is -1.39. The van der Waals surface area contributed by atoms with Crippen molar-refractivity contribution >= 4 is 26.5 Å².